The summed E-state index contributed by atoms with van der Waals surface area (Å²) in [6.45, 7) is 4.31. The summed E-state index contributed by atoms with van der Waals surface area (Å²) >= 11 is 6.00. The molecule has 1 amide bonds. The van der Waals surface area contributed by atoms with Crippen molar-refractivity contribution in [3.63, 3.8) is 0 Å². The van der Waals surface area contributed by atoms with Crippen molar-refractivity contribution in [3.05, 3.63) is 82.1 Å². The zero-order valence-electron chi connectivity index (χ0n) is 15.5. The fourth-order valence-corrected chi connectivity index (χ4v) is 2.97. The predicted octanol–water partition coefficient (Wildman–Crippen LogP) is 4.76. The third-order valence-electron chi connectivity index (χ3n) is 4.12. The number of aryl methyl sites for hydroxylation is 2. The molecule has 27 heavy (non-hydrogen) atoms. The minimum absolute atomic E-state index is 0.153. The largest absolute Gasteiger partial charge is 0.336 e. The number of amides is 1. The molecule has 6 heteroatoms. The number of anilines is 2. The van der Waals surface area contributed by atoms with Gasteiger partial charge in [0.25, 0.3) is 5.91 Å². The number of benzene rings is 2. The smallest absolute Gasteiger partial charge is 0.272 e. The fraction of sp³-hybridized carbons (Fsp3) is 0.190. The van der Waals surface area contributed by atoms with Crippen LogP contribution in [-0.2, 0) is 6.54 Å². The van der Waals surface area contributed by atoms with Crippen LogP contribution in [0.3, 0.4) is 0 Å². The normalized spacial score (nSPS) is 10.5. The molecular formula is C21H21ClN4O. The first-order valence-corrected chi connectivity index (χ1v) is 8.98. The van der Waals surface area contributed by atoms with Crippen LogP contribution in [0.1, 0.15) is 27.3 Å². The van der Waals surface area contributed by atoms with Gasteiger partial charge < -0.3 is 10.2 Å². The molecule has 0 saturated carbocycles. The Labute approximate surface area is 164 Å². The molecule has 0 aliphatic rings. The number of nitrogens with one attached hydrogen (secondary N) is 1. The first kappa shape index (κ1) is 18.9. The SMILES string of the molecule is Cc1cc(C(=O)N(C)Cc2ccccc2)nc(Nc2ccc(Cl)cc2C)n1. The highest BCUT2D eigenvalue weighted by molar-refractivity contribution is 6.30. The van der Waals surface area contributed by atoms with Crippen LogP contribution in [0, 0.1) is 13.8 Å². The second-order valence-electron chi connectivity index (χ2n) is 6.45. The van der Waals surface area contributed by atoms with E-state index in [0.29, 0.717) is 23.2 Å². The lowest BCUT2D eigenvalue weighted by Crippen LogP contribution is -2.27. The minimum atomic E-state index is -0.153. The molecule has 5 nitrogen and oxygen atoms in total. The van der Waals surface area contributed by atoms with Crippen LogP contribution in [-0.4, -0.2) is 27.8 Å². The Balaban J connectivity index is 1.80. The molecule has 0 saturated heterocycles. The molecule has 1 N–H and O–H groups in total. The summed E-state index contributed by atoms with van der Waals surface area (Å²) in [5, 5.41) is 3.84. The second-order valence-corrected chi connectivity index (χ2v) is 6.89. The topological polar surface area (TPSA) is 58.1 Å². The maximum absolute atomic E-state index is 12.8. The molecule has 138 valence electrons. The monoisotopic (exact) mass is 380 g/mol. The van der Waals surface area contributed by atoms with E-state index < -0.39 is 0 Å². The summed E-state index contributed by atoms with van der Waals surface area (Å²) < 4.78 is 0. The summed E-state index contributed by atoms with van der Waals surface area (Å²) in [5.74, 6) is 0.233. The average molecular weight is 381 g/mol. The van der Waals surface area contributed by atoms with Crippen molar-refractivity contribution in [1.82, 2.24) is 14.9 Å². The van der Waals surface area contributed by atoms with Gasteiger partial charge in [-0.15, -0.1) is 0 Å². The molecule has 0 aliphatic heterocycles. The molecule has 1 heterocycles. The summed E-state index contributed by atoms with van der Waals surface area (Å²) in [5.41, 5.74) is 3.96. The van der Waals surface area contributed by atoms with Crippen LogP contribution in [0.4, 0.5) is 11.6 Å². The van der Waals surface area contributed by atoms with Gasteiger partial charge in [-0.25, -0.2) is 9.97 Å². The quantitative estimate of drug-likeness (QED) is 0.693. The van der Waals surface area contributed by atoms with E-state index >= 15 is 0 Å². The van der Waals surface area contributed by atoms with Crippen LogP contribution in [0.15, 0.2) is 54.6 Å². The Morgan fingerprint density at radius 1 is 1.07 bits per heavy atom. The van der Waals surface area contributed by atoms with Crippen LogP contribution in [0.5, 0.6) is 0 Å². The molecule has 2 aromatic carbocycles. The highest BCUT2D eigenvalue weighted by Crippen LogP contribution is 2.22. The van der Waals surface area contributed by atoms with E-state index in [9.17, 15) is 4.79 Å². The van der Waals surface area contributed by atoms with Crippen molar-refractivity contribution in [2.75, 3.05) is 12.4 Å². The first-order valence-electron chi connectivity index (χ1n) is 8.60. The zero-order chi connectivity index (χ0) is 19.4. The van der Waals surface area contributed by atoms with Gasteiger partial charge in [0.1, 0.15) is 5.69 Å². The Bertz CT molecular complexity index is 960. The van der Waals surface area contributed by atoms with Gasteiger partial charge in [0.05, 0.1) is 0 Å². The van der Waals surface area contributed by atoms with Gasteiger partial charge in [-0.2, -0.15) is 0 Å². The van der Waals surface area contributed by atoms with E-state index in [-0.39, 0.29) is 5.91 Å². The Hall–Kier alpha value is -2.92. The molecule has 3 aromatic rings. The van der Waals surface area contributed by atoms with Crippen molar-refractivity contribution >= 4 is 29.1 Å². The number of halogens is 1. The Kier molecular flexibility index (Phi) is 5.72. The average Bonchev–Trinajstić information content (AvgIpc) is 2.64. The number of aromatic nitrogens is 2. The molecule has 0 unspecified atom stereocenters. The summed E-state index contributed by atoms with van der Waals surface area (Å²) in [7, 11) is 1.77. The lowest BCUT2D eigenvalue weighted by molar-refractivity contribution is 0.0779. The van der Waals surface area contributed by atoms with E-state index in [1.165, 1.54) is 0 Å². The van der Waals surface area contributed by atoms with E-state index in [1.807, 2.05) is 56.3 Å². The van der Waals surface area contributed by atoms with Gasteiger partial charge in [0.2, 0.25) is 5.95 Å². The van der Waals surface area contributed by atoms with Crippen LogP contribution >= 0.6 is 11.6 Å². The van der Waals surface area contributed by atoms with Crippen LogP contribution < -0.4 is 5.32 Å². The molecule has 0 atom stereocenters. The van der Waals surface area contributed by atoms with Crippen molar-refractivity contribution in [3.8, 4) is 0 Å². The van der Waals surface area contributed by atoms with E-state index in [2.05, 4.69) is 15.3 Å². The second kappa shape index (κ2) is 8.18. The lowest BCUT2D eigenvalue weighted by Gasteiger charge is -2.17. The zero-order valence-corrected chi connectivity index (χ0v) is 16.3. The number of hydrogen-bond acceptors (Lipinski definition) is 4. The van der Waals surface area contributed by atoms with E-state index in [4.69, 9.17) is 11.6 Å². The summed E-state index contributed by atoms with van der Waals surface area (Å²) in [6.07, 6.45) is 0. The van der Waals surface area contributed by atoms with Crippen molar-refractivity contribution in [1.29, 1.82) is 0 Å². The number of carbonyl (C=O) groups is 1. The van der Waals surface area contributed by atoms with Crippen LogP contribution in [0.25, 0.3) is 0 Å². The summed E-state index contributed by atoms with van der Waals surface area (Å²) in [6, 6.07) is 17.1. The lowest BCUT2D eigenvalue weighted by atomic mass is 10.2. The van der Waals surface area contributed by atoms with Crippen molar-refractivity contribution < 1.29 is 4.79 Å². The number of carbonyl (C=O) groups excluding carboxylic acids is 1. The van der Waals surface area contributed by atoms with Gasteiger partial charge >= 0.3 is 0 Å². The molecule has 0 spiro atoms. The standard InChI is InChI=1S/C21H21ClN4O/c1-14-11-17(22)9-10-18(14)24-21-23-15(2)12-19(25-21)20(27)26(3)13-16-7-5-4-6-8-16/h4-12H,13H2,1-3H3,(H,23,24,25). The number of nitrogens with zero attached hydrogens (tertiary/aromatic N) is 3. The van der Waals surface area contributed by atoms with Gasteiger partial charge in [-0.1, -0.05) is 41.9 Å². The molecule has 0 aliphatic carbocycles. The highest BCUT2D eigenvalue weighted by Gasteiger charge is 2.16. The predicted molar refractivity (Wildman–Crippen MR) is 108 cm³/mol. The first-order chi connectivity index (χ1) is 12.9. The Morgan fingerprint density at radius 2 is 1.81 bits per heavy atom. The number of hydrogen-bond donors (Lipinski definition) is 1. The van der Waals surface area contributed by atoms with Gasteiger partial charge in [0.15, 0.2) is 0 Å². The molecule has 1 aromatic heterocycles. The maximum atomic E-state index is 12.8. The third kappa shape index (κ3) is 4.83. The van der Waals surface area contributed by atoms with Gasteiger partial charge in [0, 0.05) is 30.0 Å². The fourth-order valence-electron chi connectivity index (χ4n) is 2.75. The third-order valence-corrected chi connectivity index (χ3v) is 4.35. The highest BCUT2D eigenvalue weighted by atomic mass is 35.5. The van der Waals surface area contributed by atoms with Crippen molar-refractivity contribution in [2.24, 2.45) is 0 Å². The Morgan fingerprint density at radius 3 is 2.52 bits per heavy atom. The number of rotatable bonds is 5. The van der Waals surface area contributed by atoms with Gasteiger partial charge in [-0.3, -0.25) is 4.79 Å². The van der Waals surface area contributed by atoms with Crippen molar-refractivity contribution in [2.45, 2.75) is 20.4 Å². The van der Waals surface area contributed by atoms with Gasteiger partial charge in [-0.05, 0) is 49.2 Å². The molecular weight excluding hydrogens is 360 g/mol. The molecule has 0 bridgehead atoms. The van der Waals surface area contributed by atoms with E-state index in [1.54, 1.807) is 24.1 Å². The summed E-state index contributed by atoms with van der Waals surface area (Å²) in [4.78, 5) is 23.3. The van der Waals surface area contributed by atoms with E-state index in [0.717, 1.165) is 22.5 Å². The maximum Gasteiger partial charge on any atom is 0.272 e. The molecule has 3 rings (SSSR count). The molecule has 0 fully saturated rings. The minimum Gasteiger partial charge on any atom is -0.336 e. The van der Waals surface area contributed by atoms with Crippen LogP contribution in [0.2, 0.25) is 5.02 Å². The molecule has 0 radical (unpaired) electrons.